The van der Waals surface area contributed by atoms with E-state index in [1.807, 2.05) is 24.3 Å². The minimum atomic E-state index is -0.910. The molecule has 1 aliphatic rings. The van der Waals surface area contributed by atoms with E-state index in [9.17, 15) is 4.79 Å². The summed E-state index contributed by atoms with van der Waals surface area (Å²) < 4.78 is 16.0. The highest BCUT2D eigenvalue weighted by atomic mass is 16.5. The molecule has 0 amide bonds. The number of nitrogens with two attached hydrogens (primary N) is 1. The van der Waals surface area contributed by atoms with Gasteiger partial charge in [0.05, 0.1) is 13.7 Å². The summed E-state index contributed by atoms with van der Waals surface area (Å²) in [7, 11) is 1.62. The Labute approximate surface area is 119 Å². The van der Waals surface area contributed by atoms with Gasteiger partial charge in [-0.1, -0.05) is 0 Å². The number of carbonyl (C=O) groups excluding carboxylic acids is 1. The fourth-order valence-electron chi connectivity index (χ4n) is 2.44. The van der Waals surface area contributed by atoms with E-state index in [4.69, 9.17) is 19.9 Å². The number of rotatable bonds is 5. The van der Waals surface area contributed by atoms with Gasteiger partial charge in [-0.2, -0.15) is 0 Å². The average molecular weight is 279 g/mol. The Morgan fingerprint density at radius 3 is 2.60 bits per heavy atom. The normalized spacial score (nSPS) is 25.2. The average Bonchev–Trinajstić information content (AvgIpc) is 2.83. The molecule has 0 spiro atoms. The summed E-state index contributed by atoms with van der Waals surface area (Å²) in [6, 6.07) is 7.37. The fourth-order valence-corrected chi connectivity index (χ4v) is 2.44. The molecule has 2 N–H and O–H groups in total. The lowest BCUT2D eigenvalue weighted by Crippen LogP contribution is -2.47. The van der Waals surface area contributed by atoms with Gasteiger partial charge in [0.25, 0.3) is 0 Å². The molecule has 1 aromatic rings. The van der Waals surface area contributed by atoms with Crippen LogP contribution in [0.5, 0.6) is 11.5 Å². The molecule has 2 unspecified atom stereocenters. The fraction of sp³-hybridized carbons (Fsp3) is 0.533. The zero-order valence-electron chi connectivity index (χ0n) is 11.9. The lowest BCUT2D eigenvalue weighted by atomic mass is 9.99. The molecule has 0 heterocycles. The zero-order valence-corrected chi connectivity index (χ0v) is 11.9. The van der Waals surface area contributed by atoms with Crippen LogP contribution in [0.3, 0.4) is 0 Å². The molecule has 0 aliphatic heterocycles. The first kappa shape index (κ1) is 14.7. The van der Waals surface area contributed by atoms with Crippen molar-refractivity contribution in [3.63, 3.8) is 0 Å². The maximum Gasteiger partial charge on any atom is 0.326 e. The highest BCUT2D eigenvalue weighted by molar-refractivity contribution is 5.81. The molecule has 2 atom stereocenters. The molecule has 5 nitrogen and oxygen atoms in total. The van der Waals surface area contributed by atoms with Crippen molar-refractivity contribution in [2.45, 2.75) is 37.8 Å². The quantitative estimate of drug-likeness (QED) is 0.833. The van der Waals surface area contributed by atoms with Gasteiger partial charge in [-0.3, -0.25) is 4.79 Å². The monoisotopic (exact) mass is 279 g/mol. The van der Waals surface area contributed by atoms with Crippen LogP contribution in [-0.2, 0) is 9.53 Å². The second-order valence-electron chi connectivity index (χ2n) is 5.03. The number of esters is 1. The molecule has 110 valence electrons. The molecule has 5 heteroatoms. The summed E-state index contributed by atoms with van der Waals surface area (Å²) >= 11 is 0. The third-order valence-electron chi connectivity index (χ3n) is 3.55. The number of methoxy groups -OCH3 is 1. The van der Waals surface area contributed by atoms with E-state index in [0.29, 0.717) is 19.4 Å². The van der Waals surface area contributed by atoms with Crippen molar-refractivity contribution in [2.24, 2.45) is 5.73 Å². The minimum Gasteiger partial charge on any atom is -0.497 e. The van der Waals surface area contributed by atoms with Crippen molar-refractivity contribution in [3.05, 3.63) is 24.3 Å². The van der Waals surface area contributed by atoms with Crippen LogP contribution in [0.15, 0.2) is 24.3 Å². The van der Waals surface area contributed by atoms with Gasteiger partial charge in [-0.25, -0.2) is 0 Å². The van der Waals surface area contributed by atoms with E-state index in [0.717, 1.165) is 17.9 Å². The molecule has 20 heavy (non-hydrogen) atoms. The van der Waals surface area contributed by atoms with Crippen LogP contribution >= 0.6 is 0 Å². The van der Waals surface area contributed by atoms with E-state index in [1.54, 1.807) is 14.0 Å². The Hall–Kier alpha value is -1.75. The molecule has 0 saturated heterocycles. The third kappa shape index (κ3) is 3.22. The molecule has 2 rings (SSSR count). The van der Waals surface area contributed by atoms with Crippen molar-refractivity contribution in [1.29, 1.82) is 0 Å². The minimum absolute atomic E-state index is 0.0576. The molecule has 1 aromatic carbocycles. The molecular weight excluding hydrogens is 258 g/mol. The van der Waals surface area contributed by atoms with Crippen molar-refractivity contribution in [2.75, 3.05) is 13.7 Å². The van der Waals surface area contributed by atoms with Crippen LogP contribution in [0, 0.1) is 0 Å². The van der Waals surface area contributed by atoms with Crippen molar-refractivity contribution in [1.82, 2.24) is 0 Å². The van der Waals surface area contributed by atoms with Gasteiger partial charge < -0.3 is 19.9 Å². The molecule has 1 fully saturated rings. The largest absolute Gasteiger partial charge is 0.497 e. The SMILES string of the molecule is CCOC(=O)C1(N)CCC(Oc2ccc(OC)cc2)C1. The van der Waals surface area contributed by atoms with Crippen LogP contribution in [0.2, 0.25) is 0 Å². The van der Waals surface area contributed by atoms with Gasteiger partial charge in [0.1, 0.15) is 23.1 Å². The Bertz CT molecular complexity index is 459. The Morgan fingerprint density at radius 2 is 2.00 bits per heavy atom. The molecule has 0 radical (unpaired) electrons. The van der Waals surface area contributed by atoms with Crippen LogP contribution in [0.25, 0.3) is 0 Å². The van der Waals surface area contributed by atoms with Gasteiger partial charge in [0, 0.05) is 6.42 Å². The van der Waals surface area contributed by atoms with E-state index in [-0.39, 0.29) is 12.1 Å². The van der Waals surface area contributed by atoms with Gasteiger partial charge in [-0.05, 0) is 44.0 Å². The van der Waals surface area contributed by atoms with E-state index < -0.39 is 5.54 Å². The molecule has 1 aliphatic carbocycles. The topological polar surface area (TPSA) is 70.8 Å². The highest BCUT2D eigenvalue weighted by Crippen LogP contribution is 2.32. The third-order valence-corrected chi connectivity index (χ3v) is 3.55. The first-order valence-corrected chi connectivity index (χ1v) is 6.84. The number of hydrogen-bond donors (Lipinski definition) is 1. The first-order valence-electron chi connectivity index (χ1n) is 6.84. The number of hydrogen-bond acceptors (Lipinski definition) is 5. The number of benzene rings is 1. The highest BCUT2D eigenvalue weighted by Gasteiger charge is 2.44. The predicted octanol–water partition coefficient (Wildman–Crippen LogP) is 1.89. The molecular formula is C15H21NO4. The maximum atomic E-state index is 11.8. The van der Waals surface area contributed by atoms with Crippen LogP contribution < -0.4 is 15.2 Å². The Morgan fingerprint density at radius 1 is 1.35 bits per heavy atom. The van der Waals surface area contributed by atoms with Crippen molar-refractivity contribution < 1.29 is 19.0 Å². The molecule has 0 aromatic heterocycles. The standard InChI is InChI=1S/C15H21NO4/c1-3-19-14(17)15(16)9-8-13(10-15)20-12-6-4-11(18-2)5-7-12/h4-7,13H,3,8-10,16H2,1-2H3. The van der Waals surface area contributed by atoms with Gasteiger partial charge in [-0.15, -0.1) is 0 Å². The summed E-state index contributed by atoms with van der Waals surface area (Å²) in [5.74, 6) is 1.20. The molecule has 0 bridgehead atoms. The van der Waals surface area contributed by atoms with Gasteiger partial charge in [0.15, 0.2) is 0 Å². The number of carbonyl (C=O) groups is 1. The van der Waals surface area contributed by atoms with Gasteiger partial charge in [0.2, 0.25) is 0 Å². The van der Waals surface area contributed by atoms with Crippen molar-refractivity contribution in [3.8, 4) is 11.5 Å². The Kier molecular flexibility index (Phi) is 4.49. The van der Waals surface area contributed by atoms with Crippen LogP contribution in [0.1, 0.15) is 26.2 Å². The first-order chi connectivity index (χ1) is 9.57. The summed E-state index contributed by atoms with van der Waals surface area (Å²) in [6.45, 7) is 2.13. The van der Waals surface area contributed by atoms with Gasteiger partial charge >= 0.3 is 5.97 Å². The zero-order chi connectivity index (χ0) is 14.6. The maximum absolute atomic E-state index is 11.8. The second kappa shape index (κ2) is 6.13. The van der Waals surface area contributed by atoms with Crippen LogP contribution in [0.4, 0.5) is 0 Å². The van der Waals surface area contributed by atoms with Crippen LogP contribution in [-0.4, -0.2) is 31.3 Å². The van der Waals surface area contributed by atoms with E-state index in [2.05, 4.69) is 0 Å². The smallest absolute Gasteiger partial charge is 0.326 e. The molecule has 1 saturated carbocycles. The van der Waals surface area contributed by atoms with Crippen molar-refractivity contribution >= 4 is 5.97 Å². The second-order valence-corrected chi connectivity index (χ2v) is 5.03. The van der Waals surface area contributed by atoms with E-state index >= 15 is 0 Å². The summed E-state index contributed by atoms with van der Waals surface area (Å²) in [5.41, 5.74) is 5.19. The number of ether oxygens (including phenoxy) is 3. The summed E-state index contributed by atoms with van der Waals surface area (Å²) in [4.78, 5) is 11.8. The van der Waals surface area contributed by atoms with E-state index in [1.165, 1.54) is 0 Å². The lowest BCUT2D eigenvalue weighted by molar-refractivity contribution is -0.149. The summed E-state index contributed by atoms with van der Waals surface area (Å²) in [5, 5.41) is 0. The lowest BCUT2D eigenvalue weighted by Gasteiger charge is -2.21. The Balaban J connectivity index is 1.93. The predicted molar refractivity (Wildman–Crippen MR) is 74.8 cm³/mol. The summed E-state index contributed by atoms with van der Waals surface area (Å²) in [6.07, 6.45) is 1.77.